The van der Waals surface area contributed by atoms with Crippen LogP contribution in [0.1, 0.15) is 17.8 Å². The Kier molecular flexibility index (Phi) is 2.24. The molecule has 0 fully saturated rings. The molecule has 2 aromatic heterocycles. The highest BCUT2D eigenvalue weighted by atomic mass is 32.1. The van der Waals surface area contributed by atoms with Crippen LogP contribution in [0.25, 0.3) is 10.2 Å². The van der Waals surface area contributed by atoms with E-state index in [0.29, 0.717) is 12.5 Å². The summed E-state index contributed by atoms with van der Waals surface area (Å²) >= 11 is 1.70. The van der Waals surface area contributed by atoms with Crippen LogP contribution in [0.2, 0.25) is 0 Å². The van der Waals surface area contributed by atoms with Crippen LogP contribution in [0.5, 0.6) is 0 Å². The molecule has 0 aliphatic rings. The van der Waals surface area contributed by atoms with Gasteiger partial charge in [0.2, 0.25) is 0 Å². The largest absolute Gasteiger partial charge is 0.330 e. The first-order valence-electron chi connectivity index (χ1n) is 4.22. The van der Waals surface area contributed by atoms with Gasteiger partial charge in [0.25, 0.3) is 0 Å². The fourth-order valence-corrected chi connectivity index (χ4v) is 2.11. The number of aromatic nitrogens is 2. The standard InChI is InChI=1S/C9H11N3S/c1-6(4-10)9-12-7-5-11-3-2-8(7)13-9/h2-3,5-6H,4,10H2,1H3. The number of nitrogens with zero attached hydrogens (tertiary/aromatic N) is 2. The molecular weight excluding hydrogens is 182 g/mol. The van der Waals surface area contributed by atoms with Crippen LogP contribution >= 0.6 is 11.3 Å². The Labute approximate surface area is 80.6 Å². The maximum atomic E-state index is 5.58. The number of thiazole rings is 1. The first-order chi connectivity index (χ1) is 6.31. The molecule has 68 valence electrons. The molecule has 0 spiro atoms. The fourth-order valence-electron chi connectivity index (χ4n) is 1.11. The summed E-state index contributed by atoms with van der Waals surface area (Å²) in [4.78, 5) is 8.48. The Bertz CT molecular complexity index is 377. The maximum absolute atomic E-state index is 5.58. The van der Waals surface area contributed by atoms with E-state index in [1.807, 2.05) is 6.07 Å². The van der Waals surface area contributed by atoms with E-state index >= 15 is 0 Å². The predicted octanol–water partition coefficient (Wildman–Crippen LogP) is 1.75. The van der Waals surface area contributed by atoms with E-state index in [1.54, 1.807) is 23.7 Å². The monoisotopic (exact) mass is 193 g/mol. The zero-order valence-corrected chi connectivity index (χ0v) is 8.21. The molecule has 2 N–H and O–H groups in total. The molecule has 2 aromatic rings. The lowest BCUT2D eigenvalue weighted by Gasteiger charge is -2.00. The molecular formula is C9H11N3S. The first-order valence-corrected chi connectivity index (χ1v) is 5.03. The minimum atomic E-state index is 0.345. The van der Waals surface area contributed by atoms with Crippen LogP contribution in [0, 0.1) is 0 Å². The summed E-state index contributed by atoms with van der Waals surface area (Å²) in [6.45, 7) is 2.73. The van der Waals surface area contributed by atoms with Gasteiger partial charge in [-0.3, -0.25) is 4.98 Å². The van der Waals surface area contributed by atoms with E-state index < -0.39 is 0 Å². The van der Waals surface area contributed by atoms with E-state index in [-0.39, 0.29) is 0 Å². The zero-order valence-electron chi connectivity index (χ0n) is 7.40. The highest BCUT2D eigenvalue weighted by Crippen LogP contribution is 2.25. The number of rotatable bonds is 2. The second-order valence-electron chi connectivity index (χ2n) is 3.03. The van der Waals surface area contributed by atoms with Crippen molar-refractivity contribution in [2.75, 3.05) is 6.54 Å². The fraction of sp³-hybridized carbons (Fsp3) is 0.333. The summed E-state index contributed by atoms with van der Waals surface area (Å²) in [5, 5.41) is 1.10. The van der Waals surface area contributed by atoms with Crippen molar-refractivity contribution in [3.05, 3.63) is 23.5 Å². The Hall–Kier alpha value is -1.00. The van der Waals surface area contributed by atoms with Gasteiger partial charge in [-0.15, -0.1) is 11.3 Å². The third-order valence-corrected chi connectivity index (χ3v) is 3.25. The molecule has 3 nitrogen and oxygen atoms in total. The second kappa shape index (κ2) is 3.40. The van der Waals surface area contributed by atoms with Gasteiger partial charge >= 0.3 is 0 Å². The lowest BCUT2D eigenvalue weighted by Crippen LogP contribution is -2.08. The second-order valence-corrected chi connectivity index (χ2v) is 4.09. The van der Waals surface area contributed by atoms with Gasteiger partial charge in [-0.1, -0.05) is 6.92 Å². The van der Waals surface area contributed by atoms with Crippen molar-refractivity contribution < 1.29 is 0 Å². The normalized spacial score (nSPS) is 13.4. The summed E-state index contributed by atoms with van der Waals surface area (Å²) < 4.78 is 1.19. The molecule has 0 radical (unpaired) electrons. The van der Waals surface area contributed by atoms with Crippen LogP contribution in [0.3, 0.4) is 0 Å². The summed E-state index contributed by atoms with van der Waals surface area (Å²) in [5.41, 5.74) is 6.55. The van der Waals surface area contributed by atoms with E-state index in [1.165, 1.54) is 4.70 Å². The SMILES string of the molecule is CC(CN)c1nc2cnccc2s1. The summed E-state index contributed by atoms with van der Waals surface area (Å²) in [7, 11) is 0. The Morgan fingerprint density at radius 3 is 3.15 bits per heavy atom. The van der Waals surface area contributed by atoms with Gasteiger partial charge in [0.15, 0.2) is 0 Å². The van der Waals surface area contributed by atoms with Crippen LogP contribution in [0.4, 0.5) is 0 Å². The molecule has 13 heavy (non-hydrogen) atoms. The Balaban J connectivity index is 2.49. The van der Waals surface area contributed by atoms with Crippen LogP contribution in [0.15, 0.2) is 18.5 Å². The average Bonchev–Trinajstić information content (AvgIpc) is 2.59. The number of nitrogens with two attached hydrogens (primary N) is 1. The number of hydrogen-bond acceptors (Lipinski definition) is 4. The van der Waals surface area contributed by atoms with Gasteiger partial charge in [-0.2, -0.15) is 0 Å². The number of pyridine rings is 1. The summed E-state index contributed by atoms with van der Waals surface area (Å²) in [6, 6.07) is 1.99. The van der Waals surface area contributed by atoms with E-state index in [0.717, 1.165) is 10.5 Å². The summed E-state index contributed by atoms with van der Waals surface area (Å²) in [5.74, 6) is 0.345. The van der Waals surface area contributed by atoms with Crippen molar-refractivity contribution in [2.24, 2.45) is 5.73 Å². The Morgan fingerprint density at radius 1 is 1.62 bits per heavy atom. The van der Waals surface area contributed by atoms with Gasteiger partial charge < -0.3 is 5.73 Å². The van der Waals surface area contributed by atoms with Gasteiger partial charge in [0.1, 0.15) is 0 Å². The smallest absolute Gasteiger partial charge is 0.0998 e. The third kappa shape index (κ3) is 1.55. The van der Waals surface area contributed by atoms with Crippen LogP contribution in [-0.4, -0.2) is 16.5 Å². The molecule has 0 aliphatic carbocycles. The topological polar surface area (TPSA) is 51.8 Å². The van der Waals surface area contributed by atoms with E-state index in [2.05, 4.69) is 16.9 Å². The quantitative estimate of drug-likeness (QED) is 0.790. The minimum Gasteiger partial charge on any atom is -0.330 e. The van der Waals surface area contributed by atoms with Gasteiger partial charge in [0.05, 0.1) is 21.4 Å². The average molecular weight is 193 g/mol. The molecule has 1 unspecified atom stereocenters. The van der Waals surface area contributed by atoms with Gasteiger partial charge in [-0.05, 0) is 6.07 Å². The van der Waals surface area contributed by atoms with Crippen molar-refractivity contribution in [3.63, 3.8) is 0 Å². The molecule has 0 saturated carbocycles. The molecule has 4 heteroatoms. The molecule has 2 rings (SSSR count). The molecule has 0 aromatic carbocycles. The predicted molar refractivity (Wildman–Crippen MR) is 54.9 cm³/mol. The molecule has 0 saturated heterocycles. The van der Waals surface area contributed by atoms with Gasteiger partial charge in [0, 0.05) is 18.7 Å². The lowest BCUT2D eigenvalue weighted by atomic mass is 10.2. The lowest BCUT2D eigenvalue weighted by molar-refractivity contribution is 0.768. The molecule has 0 aliphatic heterocycles. The van der Waals surface area contributed by atoms with Crippen LogP contribution in [-0.2, 0) is 0 Å². The van der Waals surface area contributed by atoms with Gasteiger partial charge in [-0.25, -0.2) is 4.98 Å². The summed E-state index contributed by atoms with van der Waals surface area (Å²) in [6.07, 6.45) is 3.58. The molecule has 0 amide bonds. The van der Waals surface area contributed by atoms with Crippen LogP contribution < -0.4 is 5.73 Å². The number of fused-ring (bicyclic) bond motifs is 1. The minimum absolute atomic E-state index is 0.345. The molecule has 1 atom stereocenters. The van der Waals surface area contributed by atoms with Crippen molar-refractivity contribution >= 4 is 21.6 Å². The van der Waals surface area contributed by atoms with E-state index in [9.17, 15) is 0 Å². The third-order valence-electron chi connectivity index (χ3n) is 1.98. The number of hydrogen-bond donors (Lipinski definition) is 1. The zero-order chi connectivity index (χ0) is 9.26. The first kappa shape index (κ1) is 8.59. The Morgan fingerprint density at radius 2 is 2.46 bits per heavy atom. The molecule has 2 heterocycles. The molecule has 0 bridgehead atoms. The highest BCUT2D eigenvalue weighted by Gasteiger charge is 2.09. The van der Waals surface area contributed by atoms with Crippen molar-refractivity contribution in [1.82, 2.24) is 9.97 Å². The van der Waals surface area contributed by atoms with E-state index in [4.69, 9.17) is 5.73 Å². The highest BCUT2D eigenvalue weighted by molar-refractivity contribution is 7.18. The van der Waals surface area contributed by atoms with Crippen molar-refractivity contribution in [1.29, 1.82) is 0 Å². The van der Waals surface area contributed by atoms with Crippen molar-refractivity contribution in [2.45, 2.75) is 12.8 Å². The maximum Gasteiger partial charge on any atom is 0.0998 e. The van der Waals surface area contributed by atoms with Crippen molar-refractivity contribution in [3.8, 4) is 0 Å².